The van der Waals surface area contributed by atoms with E-state index in [0.29, 0.717) is 22.8 Å². The molecule has 20 heavy (non-hydrogen) atoms. The highest BCUT2D eigenvalue weighted by molar-refractivity contribution is 6.30. The summed E-state index contributed by atoms with van der Waals surface area (Å²) in [5.41, 5.74) is 4.36. The van der Waals surface area contributed by atoms with Gasteiger partial charge in [0.05, 0.1) is 19.8 Å². The summed E-state index contributed by atoms with van der Waals surface area (Å²) in [5, 5.41) is 4.08. The van der Waals surface area contributed by atoms with Crippen molar-refractivity contribution in [2.45, 2.75) is 0 Å². The molecule has 0 saturated carbocycles. The van der Waals surface area contributed by atoms with Crippen molar-refractivity contribution < 1.29 is 14.3 Å². The van der Waals surface area contributed by atoms with E-state index in [-0.39, 0.29) is 5.91 Å². The van der Waals surface area contributed by atoms with Crippen LogP contribution in [0, 0.1) is 0 Å². The van der Waals surface area contributed by atoms with Crippen LogP contribution >= 0.6 is 0 Å². The summed E-state index contributed by atoms with van der Waals surface area (Å²) in [6, 6.07) is 5.41. The number of hydrogen-bond acceptors (Lipinski definition) is 5. The lowest BCUT2D eigenvalue weighted by Crippen LogP contribution is -2.17. The Morgan fingerprint density at radius 1 is 1.20 bits per heavy atom. The fourth-order valence-electron chi connectivity index (χ4n) is 1.92. The molecule has 1 aliphatic heterocycles. The largest absolute Gasteiger partial charge is 0.493 e. The predicted molar refractivity (Wildman–Crippen MR) is 76.0 cm³/mol. The lowest BCUT2D eigenvalue weighted by Gasteiger charge is -2.11. The van der Waals surface area contributed by atoms with Crippen LogP contribution in [0.15, 0.2) is 35.1 Å². The van der Waals surface area contributed by atoms with E-state index in [2.05, 4.69) is 10.5 Å². The molecule has 1 amide bonds. The number of hydrazone groups is 1. The number of nitrogens with zero attached hydrogens (tertiary/aromatic N) is 2. The molecule has 2 rings (SSSR count). The van der Waals surface area contributed by atoms with Gasteiger partial charge < -0.3 is 14.4 Å². The molecule has 106 valence electrons. The lowest BCUT2D eigenvalue weighted by atomic mass is 10.0. The molecule has 0 aliphatic carbocycles. The molecule has 0 radical (unpaired) electrons. The Kier molecular flexibility index (Phi) is 3.93. The maximum Gasteiger partial charge on any atom is 0.275 e. The van der Waals surface area contributed by atoms with Gasteiger partial charge in [-0.2, -0.15) is 5.10 Å². The summed E-state index contributed by atoms with van der Waals surface area (Å²) in [4.78, 5) is 13.6. The topological polar surface area (TPSA) is 63.2 Å². The van der Waals surface area contributed by atoms with Gasteiger partial charge in [-0.15, -0.1) is 0 Å². The van der Waals surface area contributed by atoms with Gasteiger partial charge in [0, 0.05) is 25.9 Å². The SMILES string of the molecule is COc1ccc(C2=NNC(=O)/C2=C/N(C)C)cc1OC. The molecule has 1 aliphatic rings. The zero-order valence-corrected chi connectivity index (χ0v) is 11.9. The summed E-state index contributed by atoms with van der Waals surface area (Å²) >= 11 is 0. The maximum absolute atomic E-state index is 11.8. The van der Waals surface area contributed by atoms with Crippen LogP contribution in [0.5, 0.6) is 11.5 Å². The molecule has 0 bridgehead atoms. The van der Waals surface area contributed by atoms with Gasteiger partial charge >= 0.3 is 0 Å². The summed E-state index contributed by atoms with van der Waals surface area (Å²) in [6.07, 6.45) is 1.73. The van der Waals surface area contributed by atoms with Crippen molar-refractivity contribution in [3.8, 4) is 11.5 Å². The average molecular weight is 275 g/mol. The second-order valence-corrected chi connectivity index (χ2v) is 4.48. The smallest absolute Gasteiger partial charge is 0.275 e. The number of rotatable bonds is 4. The Hall–Kier alpha value is -2.50. The van der Waals surface area contributed by atoms with E-state index < -0.39 is 0 Å². The molecule has 0 unspecified atom stereocenters. The van der Waals surface area contributed by atoms with Crippen molar-refractivity contribution in [3.05, 3.63) is 35.5 Å². The third-order valence-electron chi connectivity index (χ3n) is 2.81. The van der Waals surface area contributed by atoms with Crippen LogP contribution in [-0.2, 0) is 4.79 Å². The van der Waals surface area contributed by atoms with E-state index in [1.807, 2.05) is 20.2 Å². The van der Waals surface area contributed by atoms with E-state index in [1.54, 1.807) is 37.5 Å². The first kappa shape index (κ1) is 13.9. The van der Waals surface area contributed by atoms with Crippen molar-refractivity contribution in [1.82, 2.24) is 10.3 Å². The van der Waals surface area contributed by atoms with Gasteiger partial charge in [-0.25, -0.2) is 5.43 Å². The molecule has 6 heteroatoms. The summed E-state index contributed by atoms with van der Waals surface area (Å²) in [6.45, 7) is 0. The molecule has 1 N–H and O–H groups in total. The van der Waals surface area contributed by atoms with Crippen LogP contribution in [-0.4, -0.2) is 44.8 Å². The van der Waals surface area contributed by atoms with Gasteiger partial charge in [-0.1, -0.05) is 0 Å². The van der Waals surface area contributed by atoms with Crippen LogP contribution in [0.4, 0.5) is 0 Å². The Morgan fingerprint density at radius 2 is 1.90 bits per heavy atom. The number of benzene rings is 1. The normalized spacial score (nSPS) is 15.9. The zero-order valence-electron chi connectivity index (χ0n) is 11.9. The van der Waals surface area contributed by atoms with Crippen molar-refractivity contribution in [3.63, 3.8) is 0 Å². The second-order valence-electron chi connectivity index (χ2n) is 4.48. The molecule has 0 spiro atoms. The first-order valence-corrected chi connectivity index (χ1v) is 6.06. The molecule has 0 aromatic heterocycles. The van der Waals surface area contributed by atoms with Crippen molar-refractivity contribution in [2.75, 3.05) is 28.3 Å². The maximum atomic E-state index is 11.8. The van der Waals surface area contributed by atoms with Crippen molar-refractivity contribution in [1.29, 1.82) is 0 Å². The number of methoxy groups -OCH3 is 2. The van der Waals surface area contributed by atoms with Gasteiger partial charge in [-0.05, 0) is 18.2 Å². The Balaban J connectivity index is 2.43. The van der Waals surface area contributed by atoms with Crippen molar-refractivity contribution in [2.24, 2.45) is 5.10 Å². The van der Waals surface area contributed by atoms with Gasteiger partial charge in [0.25, 0.3) is 5.91 Å². The van der Waals surface area contributed by atoms with E-state index in [4.69, 9.17) is 9.47 Å². The minimum absolute atomic E-state index is 0.219. The van der Waals surface area contributed by atoms with Gasteiger partial charge in [0.15, 0.2) is 11.5 Å². The monoisotopic (exact) mass is 275 g/mol. The Labute approximate surface area is 117 Å². The van der Waals surface area contributed by atoms with Crippen LogP contribution in [0.25, 0.3) is 0 Å². The number of carbonyl (C=O) groups is 1. The first-order chi connectivity index (χ1) is 9.56. The number of amides is 1. The fourth-order valence-corrected chi connectivity index (χ4v) is 1.92. The second kappa shape index (κ2) is 5.64. The van der Waals surface area contributed by atoms with E-state index in [0.717, 1.165) is 5.56 Å². The molecule has 1 aromatic rings. The van der Waals surface area contributed by atoms with Crippen molar-refractivity contribution >= 4 is 11.6 Å². The number of hydrogen-bond donors (Lipinski definition) is 1. The molecule has 0 saturated heterocycles. The standard InChI is InChI=1S/C14H17N3O3/c1-17(2)8-10-13(15-16-14(10)18)9-5-6-11(19-3)12(7-9)20-4/h5-8H,1-4H3,(H,16,18)/b10-8+. The minimum Gasteiger partial charge on any atom is -0.493 e. The van der Waals surface area contributed by atoms with Gasteiger partial charge in [0.2, 0.25) is 0 Å². The van der Waals surface area contributed by atoms with Gasteiger partial charge in [0.1, 0.15) is 5.71 Å². The number of ether oxygens (including phenoxy) is 2. The van der Waals surface area contributed by atoms with E-state index >= 15 is 0 Å². The molecular formula is C14H17N3O3. The average Bonchev–Trinajstić information content (AvgIpc) is 2.79. The van der Waals surface area contributed by atoms with Crippen LogP contribution in [0.2, 0.25) is 0 Å². The molecule has 0 fully saturated rings. The van der Waals surface area contributed by atoms with Crippen LogP contribution < -0.4 is 14.9 Å². The summed E-state index contributed by atoms with van der Waals surface area (Å²) < 4.78 is 10.5. The minimum atomic E-state index is -0.219. The molecular weight excluding hydrogens is 258 g/mol. The highest BCUT2D eigenvalue weighted by atomic mass is 16.5. The quantitative estimate of drug-likeness (QED) is 0.832. The summed E-state index contributed by atoms with van der Waals surface area (Å²) in [5.74, 6) is 1.01. The highest BCUT2D eigenvalue weighted by Crippen LogP contribution is 2.29. The third kappa shape index (κ3) is 2.59. The summed E-state index contributed by atoms with van der Waals surface area (Å²) in [7, 11) is 6.85. The lowest BCUT2D eigenvalue weighted by molar-refractivity contribution is -0.116. The van der Waals surface area contributed by atoms with Crippen LogP contribution in [0.3, 0.4) is 0 Å². The number of carbonyl (C=O) groups excluding carboxylic acids is 1. The third-order valence-corrected chi connectivity index (χ3v) is 2.81. The zero-order chi connectivity index (χ0) is 14.7. The molecule has 1 aromatic carbocycles. The predicted octanol–water partition coefficient (Wildman–Crippen LogP) is 0.983. The molecule has 0 atom stereocenters. The van der Waals surface area contributed by atoms with Gasteiger partial charge in [-0.3, -0.25) is 4.79 Å². The first-order valence-electron chi connectivity index (χ1n) is 6.06. The Bertz CT molecular complexity index is 591. The Morgan fingerprint density at radius 3 is 2.50 bits per heavy atom. The van der Waals surface area contributed by atoms with E-state index in [1.165, 1.54) is 0 Å². The molecule has 1 heterocycles. The highest BCUT2D eigenvalue weighted by Gasteiger charge is 2.25. The van der Waals surface area contributed by atoms with E-state index in [9.17, 15) is 4.79 Å². The number of nitrogens with one attached hydrogen (secondary N) is 1. The van der Waals surface area contributed by atoms with Crippen LogP contribution in [0.1, 0.15) is 5.56 Å². The molecule has 6 nitrogen and oxygen atoms in total. The fraction of sp³-hybridized carbons (Fsp3) is 0.286.